The van der Waals surface area contributed by atoms with E-state index in [2.05, 4.69) is 0 Å². The first-order chi connectivity index (χ1) is 8.30. The van der Waals surface area contributed by atoms with Crippen LogP contribution in [0.3, 0.4) is 0 Å². The van der Waals surface area contributed by atoms with Gasteiger partial charge in [-0.3, -0.25) is 9.59 Å². The van der Waals surface area contributed by atoms with E-state index in [1.807, 2.05) is 13.8 Å². The molecular formula is C13H22N2O3. The van der Waals surface area contributed by atoms with Crippen LogP contribution in [0.4, 0.5) is 0 Å². The molecule has 1 N–H and O–H groups in total. The largest absolute Gasteiger partial charge is 0.388 e. The molecule has 0 spiro atoms. The molecule has 102 valence electrons. The summed E-state index contributed by atoms with van der Waals surface area (Å²) < 4.78 is 0. The fraction of sp³-hybridized carbons (Fsp3) is 0.846. The number of rotatable bonds is 2. The summed E-state index contributed by atoms with van der Waals surface area (Å²) in [6, 6.07) is 0.150. The third-order valence-corrected chi connectivity index (χ3v) is 3.89. The van der Waals surface area contributed by atoms with Crippen molar-refractivity contribution in [3.63, 3.8) is 0 Å². The molecule has 5 nitrogen and oxygen atoms in total. The summed E-state index contributed by atoms with van der Waals surface area (Å²) in [5.74, 6) is -0.146. The molecule has 0 radical (unpaired) electrons. The lowest BCUT2D eigenvalue weighted by atomic mass is 10.1. The highest BCUT2D eigenvalue weighted by atomic mass is 16.3. The Labute approximate surface area is 108 Å². The molecule has 2 aliphatic heterocycles. The second-order valence-electron chi connectivity index (χ2n) is 6.05. The van der Waals surface area contributed by atoms with Gasteiger partial charge in [-0.15, -0.1) is 0 Å². The minimum Gasteiger partial charge on any atom is -0.388 e. The van der Waals surface area contributed by atoms with E-state index in [9.17, 15) is 14.7 Å². The Bertz CT molecular complexity index is 365. The molecule has 0 aromatic rings. The van der Waals surface area contributed by atoms with Crippen LogP contribution in [-0.4, -0.2) is 58.0 Å². The number of amides is 2. The summed E-state index contributed by atoms with van der Waals surface area (Å²) in [5.41, 5.74) is -0.768. The van der Waals surface area contributed by atoms with Gasteiger partial charge in [-0.25, -0.2) is 0 Å². The SMILES string of the molecule is CC(C)N1CC(C(=O)N2CCC(C)(O)C2)CC1=O. The number of likely N-dealkylation sites (tertiary alicyclic amines) is 2. The maximum absolute atomic E-state index is 12.3. The van der Waals surface area contributed by atoms with Gasteiger partial charge in [0, 0.05) is 32.1 Å². The predicted octanol–water partition coefficient (Wildman–Crippen LogP) is 0.227. The molecule has 0 aromatic heterocycles. The van der Waals surface area contributed by atoms with Crippen molar-refractivity contribution < 1.29 is 14.7 Å². The molecule has 5 heteroatoms. The second-order valence-corrected chi connectivity index (χ2v) is 6.05. The fourth-order valence-corrected chi connectivity index (χ4v) is 2.79. The lowest BCUT2D eigenvalue weighted by Gasteiger charge is -2.23. The number of aliphatic hydroxyl groups is 1. The lowest BCUT2D eigenvalue weighted by Crippen LogP contribution is -2.39. The van der Waals surface area contributed by atoms with Crippen molar-refractivity contribution in [2.75, 3.05) is 19.6 Å². The average Bonchev–Trinajstić information content (AvgIpc) is 2.80. The highest BCUT2D eigenvalue weighted by Gasteiger charge is 2.41. The Balaban J connectivity index is 1.98. The maximum Gasteiger partial charge on any atom is 0.228 e. The van der Waals surface area contributed by atoms with Crippen molar-refractivity contribution in [3.8, 4) is 0 Å². The van der Waals surface area contributed by atoms with Crippen molar-refractivity contribution in [1.82, 2.24) is 9.80 Å². The molecule has 18 heavy (non-hydrogen) atoms. The Kier molecular flexibility index (Phi) is 3.36. The van der Waals surface area contributed by atoms with E-state index in [0.29, 0.717) is 32.5 Å². The smallest absolute Gasteiger partial charge is 0.228 e. The summed E-state index contributed by atoms with van der Waals surface area (Å²) >= 11 is 0. The lowest BCUT2D eigenvalue weighted by molar-refractivity contribution is -0.135. The molecule has 2 unspecified atom stereocenters. The van der Waals surface area contributed by atoms with Crippen LogP contribution in [0.15, 0.2) is 0 Å². The zero-order valence-electron chi connectivity index (χ0n) is 11.3. The van der Waals surface area contributed by atoms with Gasteiger partial charge in [0.25, 0.3) is 0 Å². The molecule has 2 fully saturated rings. The fourth-order valence-electron chi connectivity index (χ4n) is 2.79. The molecule has 2 heterocycles. The Morgan fingerprint density at radius 1 is 1.50 bits per heavy atom. The quantitative estimate of drug-likeness (QED) is 0.767. The molecule has 2 saturated heterocycles. The zero-order valence-corrected chi connectivity index (χ0v) is 11.3. The van der Waals surface area contributed by atoms with Crippen LogP contribution in [0.5, 0.6) is 0 Å². The van der Waals surface area contributed by atoms with E-state index in [1.54, 1.807) is 16.7 Å². The molecular weight excluding hydrogens is 232 g/mol. The first-order valence-electron chi connectivity index (χ1n) is 6.61. The molecule has 2 amide bonds. The van der Waals surface area contributed by atoms with Gasteiger partial charge in [0.15, 0.2) is 0 Å². The normalized spacial score (nSPS) is 32.7. The maximum atomic E-state index is 12.3. The molecule has 2 aliphatic rings. The minimum atomic E-state index is -0.768. The standard InChI is InChI=1S/C13H22N2O3/c1-9(2)15-7-10(6-11(15)16)12(17)14-5-4-13(3,18)8-14/h9-10,18H,4-8H2,1-3H3. The molecule has 0 aromatic carbocycles. The van der Waals surface area contributed by atoms with E-state index in [0.717, 1.165) is 0 Å². The third-order valence-electron chi connectivity index (χ3n) is 3.89. The van der Waals surface area contributed by atoms with Gasteiger partial charge in [0.2, 0.25) is 11.8 Å². The van der Waals surface area contributed by atoms with Crippen LogP contribution in [0.1, 0.15) is 33.6 Å². The van der Waals surface area contributed by atoms with Gasteiger partial charge in [-0.2, -0.15) is 0 Å². The van der Waals surface area contributed by atoms with Crippen LogP contribution >= 0.6 is 0 Å². The molecule has 2 atom stereocenters. The Morgan fingerprint density at radius 3 is 2.61 bits per heavy atom. The van der Waals surface area contributed by atoms with E-state index < -0.39 is 5.60 Å². The summed E-state index contributed by atoms with van der Waals surface area (Å²) in [6.45, 7) is 7.18. The number of hydrogen-bond acceptors (Lipinski definition) is 3. The van der Waals surface area contributed by atoms with E-state index in [4.69, 9.17) is 0 Å². The highest BCUT2D eigenvalue weighted by molar-refractivity contribution is 5.89. The van der Waals surface area contributed by atoms with Crippen molar-refractivity contribution in [2.24, 2.45) is 5.92 Å². The summed E-state index contributed by atoms with van der Waals surface area (Å²) in [5, 5.41) is 9.88. The van der Waals surface area contributed by atoms with Crippen molar-refractivity contribution in [1.29, 1.82) is 0 Å². The van der Waals surface area contributed by atoms with Crippen LogP contribution in [-0.2, 0) is 9.59 Å². The molecule has 0 bridgehead atoms. The predicted molar refractivity (Wildman–Crippen MR) is 66.8 cm³/mol. The number of β-amino-alcohol motifs (C(OH)–C–C–N with tert-alkyl or cyclic N) is 1. The van der Waals surface area contributed by atoms with Gasteiger partial charge in [0.1, 0.15) is 0 Å². The van der Waals surface area contributed by atoms with Crippen LogP contribution < -0.4 is 0 Å². The van der Waals surface area contributed by atoms with Gasteiger partial charge < -0.3 is 14.9 Å². The van der Waals surface area contributed by atoms with Gasteiger partial charge >= 0.3 is 0 Å². The first-order valence-corrected chi connectivity index (χ1v) is 6.61. The van der Waals surface area contributed by atoms with Crippen LogP contribution in [0, 0.1) is 5.92 Å². The van der Waals surface area contributed by atoms with Gasteiger partial charge in [0.05, 0.1) is 11.5 Å². The first kappa shape index (κ1) is 13.3. The zero-order chi connectivity index (χ0) is 13.5. The third kappa shape index (κ3) is 2.51. The van der Waals surface area contributed by atoms with Gasteiger partial charge in [-0.05, 0) is 27.2 Å². The Morgan fingerprint density at radius 2 is 2.17 bits per heavy atom. The van der Waals surface area contributed by atoms with Crippen molar-refractivity contribution in [3.05, 3.63) is 0 Å². The topological polar surface area (TPSA) is 60.9 Å². The van der Waals surface area contributed by atoms with E-state index >= 15 is 0 Å². The molecule has 2 rings (SSSR count). The highest BCUT2D eigenvalue weighted by Crippen LogP contribution is 2.26. The van der Waals surface area contributed by atoms with E-state index in [-0.39, 0.29) is 23.8 Å². The van der Waals surface area contributed by atoms with Crippen molar-refractivity contribution >= 4 is 11.8 Å². The molecule has 0 saturated carbocycles. The van der Waals surface area contributed by atoms with Crippen molar-refractivity contribution in [2.45, 2.75) is 45.3 Å². The summed E-state index contributed by atoms with van der Waals surface area (Å²) in [4.78, 5) is 27.5. The monoisotopic (exact) mass is 254 g/mol. The van der Waals surface area contributed by atoms with Crippen LogP contribution in [0.2, 0.25) is 0 Å². The second kappa shape index (κ2) is 4.53. The Hall–Kier alpha value is -1.10. The number of carbonyl (C=O) groups is 2. The number of nitrogens with zero attached hydrogens (tertiary/aromatic N) is 2. The van der Waals surface area contributed by atoms with Crippen LogP contribution in [0.25, 0.3) is 0 Å². The summed E-state index contributed by atoms with van der Waals surface area (Å²) in [6.07, 6.45) is 0.933. The summed E-state index contributed by atoms with van der Waals surface area (Å²) in [7, 11) is 0. The number of carbonyl (C=O) groups excluding carboxylic acids is 2. The average molecular weight is 254 g/mol. The van der Waals surface area contributed by atoms with E-state index in [1.165, 1.54) is 0 Å². The molecule has 0 aliphatic carbocycles. The van der Waals surface area contributed by atoms with Gasteiger partial charge in [-0.1, -0.05) is 0 Å². The minimum absolute atomic E-state index is 0.0178. The number of hydrogen-bond donors (Lipinski definition) is 1.